The van der Waals surface area contributed by atoms with E-state index >= 15 is 0 Å². The topological polar surface area (TPSA) is 78.4 Å². The Bertz CT molecular complexity index is 763. The smallest absolute Gasteiger partial charge is 0.251 e. The molecular weight excluding hydrogens is 485 g/mol. The zero-order valence-electron chi connectivity index (χ0n) is 16.7. The first-order valence-electron chi connectivity index (χ1n) is 9.49. The molecule has 154 valence electrons. The Hall–Kier alpha value is -1.68. The first kappa shape index (κ1) is 24.4. The molecule has 0 radical (unpaired) electrons. The molecule has 2 aromatic rings. The summed E-state index contributed by atoms with van der Waals surface area (Å²) in [6, 6.07) is 7.58. The van der Waals surface area contributed by atoms with Crippen LogP contribution in [0.25, 0.3) is 0 Å². The molecule has 0 saturated heterocycles. The van der Waals surface area contributed by atoms with Crippen LogP contribution in [-0.2, 0) is 19.4 Å². The Morgan fingerprint density at radius 1 is 1.14 bits per heavy atom. The predicted octanol–water partition coefficient (Wildman–Crippen LogP) is 3.37. The summed E-state index contributed by atoms with van der Waals surface area (Å²) in [7, 11) is 0. The van der Waals surface area contributed by atoms with Crippen LogP contribution in [0.4, 0.5) is 0 Å². The van der Waals surface area contributed by atoms with Crippen molar-refractivity contribution < 1.29 is 4.79 Å². The first-order valence-corrected chi connectivity index (χ1v) is 10.3. The van der Waals surface area contributed by atoms with Gasteiger partial charge in [0.2, 0.25) is 0 Å². The van der Waals surface area contributed by atoms with Crippen molar-refractivity contribution in [1.82, 2.24) is 20.9 Å². The first-order chi connectivity index (χ1) is 13.2. The second-order valence-corrected chi connectivity index (χ2v) is 7.21. The number of aliphatic imine (C=N–C) groups is 1. The Labute approximate surface area is 188 Å². The van der Waals surface area contributed by atoms with Gasteiger partial charge in [-0.05, 0) is 38.0 Å². The van der Waals surface area contributed by atoms with Gasteiger partial charge in [0, 0.05) is 42.7 Å². The third-order valence-corrected chi connectivity index (χ3v) is 5.07. The molecule has 1 amide bonds. The average molecular weight is 515 g/mol. The summed E-state index contributed by atoms with van der Waals surface area (Å²) in [4.78, 5) is 22.4. The monoisotopic (exact) mass is 515 g/mol. The molecule has 0 aliphatic carbocycles. The minimum absolute atomic E-state index is 0. The molecule has 0 fully saturated rings. The maximum Gasteiger partial charge on any atom is 0.251 e. The van der Waals surface area contributed by atoms with E-state index in [1.54, 1.807) is 11.3 Å². The van der Waals surface area contributed by atoms with E-state index in [1.165, 1.54) is 4.88 Å². The highest BCUT2D eigenvalue weighted by atomic mass is 127. The van der Waals surface area contributed by atoms with Gasteiger partial charge in [-0.25, -0.2) is 9.98 Å². The summed E-state index contributed by atoms with van der Waals surface area (Å²) in [6.07, 6.45) is 3.87. The molecule has 0 atom stereocenters. The number of thiazole rings is 1. The third kappa shape index (κ3) is 8.14. The van der Waals surface area contributed by atoms with Crippen molar-refractivity contribution in [1.29, 1.82) is 0 Å². The van der Waals surface area contributed by atoms with Gasteiger partial charge in [0.1, 0.15) is 0 Å². The molecule has 1 aromatic carbocycles. The van der Waals surface area contributed by atoms with E-state index in [4.69, 9.17) is 0 Å². The fourth-order valence-corrected chi connectivity index (χ4v) is 3.36. The Kier molecular flexibility index (Phi) is 11.7. The second-order valence-electron chi connectivity index (χ2n) is 6.01. The molecule has 1 aromatic heterocycles. The van der Waals surface area contributed by atoms with Crippen LogP contribution >= 0.6 is 35.3 Å². The molecule has 3 N–H and O–H groups in total. The number of benzene rings is 1. The molecule has 0 saturated carbocycles. The van der Waals surface area contributed by atoms with Crippen molar-refractivity contribution in [3.8, 4) is 0 Å². The van der Waals surface area contributed by atoms with Crippen LogP contribution in [0.15, 0.2) is 35.5 Å². The Balaban J connectivity index is 0.00000392. The number of hydrogen-bond donors (Lipinski definition) is 3. The van der Waals surface area contributed by atoms with E-state index in [0.717, 1.165) is 42.5 Å². The standard InChI is InChI=1S/C20H29N5OS.HI/c1-4-17-14-24-18(27-17)10-11-23-20(22-6-3)25-13-15-8-7-9-16(12-15)19(26)21-5-2;/h7-9,12,14H,4-6,10-11,13H2,1-3H3,(H,21,26)(H2,22,23,25);1H. The predicted molar refractivity (Wildman–Crippen MR) is 128 cm³/mol. The number of carbonyl (C=O) groups excluding carboxylic acids is 1. The van der Waals surface area contributed by atoms with Crippen LogP contribution in [0.2, 0.25) is 0 Å². The minimum atomic E-state index is -0.0525. The summed E-state index contributed by atoms with van der Waals surface area (Å²) in [5.74, 6) is 0.719. The van der Waals surface area contributed by atoms with Crippen molar-refractivity contribution in [3.05, 3.63) is 51.5 Å². The molecule has 28 heavy (non-hydrogen) atoms. The maximum absolute atomic E-state index is 12.0. The van der Waals surface area contributed by atoms with E-state index < -0.39 is 0 Å². The normalized spacial score (nSPS) is 10.9. The van der Waals surface area contributed by atoms with Gasteiger partial charge in [0.05, 0.1) is 11.6 Å². The molecular formula is C20H30IN5OS. The zero-order valence-corrected chi connectivity index (χ0v) is 19.9. The van der Waals surface area contributed by atoms with Crippen LogP contribution in [0.1, 0.15) is 46.6 Å². The van der Waals surface area contributed by atoms with Crippen molar-refractivity contribution in [3.63, 3.8) is 0 Å². The quantitative estimate of drug-likeness (QED) is 0.272. The highest BCUT2D eigenvalue weighted by molar-refractivity contribution is 14.0. The van der Waals surface area contributed by atoms with E-state index in [2.05, 4.69) is 32.9 Å². The molecule has 0 bridgehead atoms. The molecule has 0 aliphatic heterocycles. The lowest BCUT2D eigenvalue weighted by atomic mass is 10.1. The number of amides is 1. The number of aryl methyl sites for hydroxylation is 1. The van der Waals surface area contributed by atoms with Crippen LogP contribution in [-0.4, -0.2) is 36.5 Å². The summed E-state index contributed by atoms with van der Waals surface area (Å²) in [5.41, 5.74) is 1.67. The van der Waals surface area contributed by atoms with Crippen LogP contribution in [0, 0.1) is 0 Å². The van der Waals surface area contributed by atoms with Crippen LogP contribution < -0.4 is 16.0 Å². The van der Waals surface area contributed by atoms with E-state index in [9.17, 15) is 4.79 Å². The zero-order chi connectivity index (χ0) is 19.5. The number of carbonyl (C=O) groups is 1. The number of guanidine groups is 1. The molecule has 0 aliphatic rings. The Morgan fingerprint density at radius 3 is 2.61 bits per heavy atom. The van der Waals surface area contributed by atoms with Crippen molar-refractivity contribution in [2.45, 2.75) is 40.2 Å². The average Bonchev–Trinajstić information content (AvgIpc) is 3.14. The summed E-state index contributed by atoms with van der Waals surface area (Å²) < 4.78 is 0. The van der Waals surface area contributed by atoms with Gasteiger partial charge in [-0.15, -0.1) is 35.3 Å². The lowest BCUT2D eigenvalue weighted by Gasteiger charge is -2.11. The molecule has 6 nitrogen and oxygen atoms in total. The van der Waals surface area contributed by atoms with Gasteiger partial charge in [-0.3, -0.25) is 4.79 Å². The van der Waals surface area contributed by atoms with Gasteiger partial charge >= 0.3 is 0 Å². The SMILES string of the molecule is CCNC(=O)c1cccc(CN=C(NCC)NCCc2ncc(CC)s2)c1.I. The van der Waals surface area contributed by atoms with Gasteiger partial charge in [0.25, 0.3) is 5.91 Å². The summed E-state index contributed by atoms with van der Waals surface area (Å²) in [5, 5.41) is 10.6. The lowest BCUT2D eigenvalue weighted by molar-refractivity contribution is 0.0955. The summed E-state index contributed by atoms with van der Waals surface area (Å²) in [6.45, 7) is 8.81. The highest BCUT2D eigenvalue weighted by Crippen LogP contribution is 2.13. The third-order valence-electron chi connectivity index (χ3n) is 3.87. The van der Waals surface area contributed by atoms with Gasteiger partial charge in [-0.1, -0.05) is 19.1 Å². The van der Waals surface area contributed by atoms with E-state index in [0.29, 0.717) is 18.7 Å². The van der Waals surface area contributed by atoms with Crippen molar-refractivity contribution in [2.24, 2.45) is 4.99 Å². The van der Waals surface area contributed by atoms with E-state index in [1.807, 2.05) is 44.3 Å². The van der Waals surface area contributed by atoms with Crippen molar-refractivity contribution in [2.75, 3.05) is 19.6 Å². The number of rotatable bonds is 9. The summed E-state index contributed by atoms with van der Waals surface area (Å²) >= 11 is 1.77. The van der Waals surface area contributed by atoms with Gasteiger partial charge < -0.3 is 16.0 Å². The van der Waals surface area contributed by atoms with Crippen molar-refractivity contribution >= 4 is 47.2 Å². The van der Waals surface area contributed by atoms with E-state index in [-0.39, 0.29) is 29.9 Å². The number of hydrogen-bond acceptors (Lipinski definition) is 4. The minimum Gasteiger partial charge on any atom is -0.357 e. The van der Waals surface area contributed by atoms with Gasteiger partial charge in [-0.2, -0.15) is 0 Å². The molecule has 1 heterocycles. The fourth-order valence-electron chi connectivity index (χ4n) is 2.50. The lowest BCUT2D eigenvalue weighted by Crippen LogP contribution is -2.38. The Morgan fingerprint density at radius 2 is 1.93 bits per heavy atom. The largest absolute Gasteiger partial charge is 0.357 e. The van der Waals surface area contributed by atoms with Crippen LogP contribution in [0.5, 0.6) is 0 Å². The highest BCUT2D eigenvalue weighted by Gasteiger charge is 2.05. The number of nitrogens with zero attached hydrogens (tertiary/aromatic N) is 2. The number of aromatic nitrogens is 1. The van der Waals surface area contributed by atoms with Gasteiger partial charge in [0.15, 0.2) is 5.96 Å². The number of nitrogens with one attached hydrogen (secondary N) is 3. The van der Waals surface area contributed by atoms with Crippen LogP contribution in [0.3, 0.4) is 0 Å². The molecule has 2 rings (SSSR count). The molecule has 0 unspecified atom stereocenters. The maximum atomic E-state index is 12.0. The number of halogens is 1. The fraction of sp³-hybridized carbons (Fsp3) is 0.450. The molecule has 8 heteroatoms. The second kappa shape index (κ2) is 13.5. The molecule has 0 spiro atoms.